The molecule has 0 fully saturated rings. The molecule has 2 aromatic heterocycles. The Bertz CT molecular complexity index is 749. The molecule has 4 nitrogen and oxygen atoms in total. The molecule has 3 rings (SSSR count). The molecular formula is C12H11ClN4S2. The number of nitrogens with two attached hydrogens (primary N) is 1. The van der Waals surface area contributed by atoms with Gasteiger partial charge >= 0.3 is 0 Å². The summed E-state index contributed by atoms with van der Waals surface area (Å²) < 4.78 is 8.62. The molecule has 0 amide bonds. The van der Waals surface area contributed by atoms with Gasteiger partial charge in [0.2, 0.25) is 0 Å². The van der Waals surface area contributed by atoms with Crippen molar-refractivity contribution >= 4 is 50.8 Å². The molecule has 0 spiro atoms. The van der Waals surface area contributed by atoms with Crippen molar-refractivity contribution in [1.82, 2.24) is 13.7 Å². The molecule has 0 radical (unpaired) electrons. The molecule has 0 saturated carbocycles. The first-order chi connectivity index (χ1) is 9.08. The Morgan fingerprint density at radius 2 is 2.11 bits per heavy atom. The average molecular weight is 311 g/mol. The molecule has 98 valence electrons. The van der Waals surface area contributed by atoms with Gasteiger partial charge in [0.15, 0.2) is 5.13 Å². The van der Waals surface area contributed by atoms with Gasteiger partial charge in [0, 0.05) is 21.4 Å². The highest BCUT2D eigenvalue weighted by Crippen LogP contribution is 2.38. The van der Waals surface area contributed by atoms with Crippen LogP contribution in [0.25, 0.3) is 11.0 Å². The number of halogens is 1. The van der Waals surface area contributed by atoms with Crippen molar-refractivity contribution in [3.8, 4) is 0 Å². The van der Waals surface area contributed by atoms with Crippen LogP contribution >= 0.6 is 34.7 Å². The fourth-order valence-corrected chi connectivity index (χ4v) is 3.98. The van der Waals surface area contributed by atoms with Crippen LogP contribution in [-0.4, -0.2) is 13.7 Å². The molecule has 2 heterocycles. The fraction of sp³-hybridized carbons (Fsp3) is 0.250. The highest BCUT2D eigenvalue weighted by Gasteiger charge is 2.21. The van der Waals surface area contributed by atoms with E-state index in [9.17, 15) is 0 Å². The molecule has 0 aliphatic carbocycles. The van der Waals surface area contributed by atoms with E-state index in [2.05, 4.69) is 20.7 Å². The number of anilines is 1. The number of aryl methyl sites for hydroxylation is 1. The van der Waals surface area contributed by atoms with Gasteiger partial charge in [-0.3, -0.25) is 0 Å². The third kappa shape index (κ3) is 2.09. The number of nitrogen functional groups attached to an aromatic ring is 1. The SMILES string of the molecule is Cc1nc(N)sc1C(C)c1c(Cl)ccc2nsnc12. The van der Waals surface area contributed by atoms with Gasteiger partial charge in [0.1, 0.15) is 11.0 Å². The first-order valence-electron chi connectivity index (χ1n) is 5.71. The van der Waals surface area contributed by atoms with E-state index in [1.54, 1.807) is 0 Å². The van der Waals surface area contributed by atoms with Crippen LogP contribution in [0.5, 0.6) is 0 Å². The lowest BCUT2D eigenvalue weighted by Gasteiger charge is -2.12. The molecule has 0 saturated heterocycles. The third-order valence-electron chi connectivity index (χ3n) is 3.09. The quantitative estimate of drug-likeness (QED) is 0.781. The number of aromatic nitrogens is 3. The van der Waals surface area contributed by atoms with Gasteiger partial charge in [-0.15, -0.1) is 11.3 Å². The lowest BCUT2D eigenvalue weighted by atomic mass is 9.97. The maximum absolute atomic E-state index is 6.35. The van der Waals surface area contributed by atoms with Gasteiger partial charge < -0.3 is 5.73 Å². The summed E-state index contributed by atoms with van der Waals surface area (Å²) in [7, 11) is 0. The van der Waals surface area contributed by atoms with Crippen LogP contribution in [0.2, 0.25) is 5.02 Å². The lowest BCUT2D eigenvalue weighted by Crippen LogP contribution is -1.98. The summed E-state index contributed by atoms with van der Waals surface area (Å²) in [5, 5.41) is 1.29. The zero-order valence-corrected chi connectivity index (χ0v) is 12.7. The lowest BCUT2D eigenvalue weighted by molar-refractivity contribution is 0.935. The van der Waals surface area contributed by atoms with Crippen molar-refractivity contribution in [1.29, 1.82) is 0 Å². The Kier molecular flexibility index (Phi) is 3.16. The smallest absolute Gasteiger partial charge is 0.180 e. The van der Waals surface area contributed by atoms with Crippen LogP contribution in [-0.2, 0) is 0 Å². The Hall–Kier alpha value is -1.24. The Morgan fingerprint density at radius 1 is 1.32 bits per heavy atom. The minimum atomic E-state index is 0.106. The summed E-state index contributed by atoms with van der Waals surface area (Å²) in [6, 6.07) is 3.77. The molecule has 1 atom stereocenters. The van der Waals surface area contributed by atoms with Gasteiger partial charge in [-0.05, 0) is 19.1 Å². The molecule has 7 heteroatoms. The van der Waals surface area contributed by atoms with Crippen molar-refractivity contribution in [3.05, 3.63) is 33.3 Å². The second kappa shape index (κ2) is 4.70. The van der Waals surface area contributed by atoms with Gasteiger partial charge in [0.05, 0.1) is 17.4 Å². The molecule has 2 N–H and O–H groups in total. The van der Waals surface area contributed by atoms with Crippen molar-refractivity contribution in [2.75, 3.05) is 5.73 Å². The van der Waals surface area contributed by atoms with E-state index in [4.69, 9.17) is 17.3 Å². The molecule has 0 bridgehead atoms. The van der Waals surface area contributed by atoms with E-state index >= 15 is 0 Å². The largest absolute Gasteiger partial charge is 0.375 e. The summed E-state index contributed by atoms with van der Waals surface area (Å²) in [6.45, 7) is 4.06. The first-order valence-corrected chi connectivity index (χ1v) is 7.64. The van der Waals surface area contributed by atoms with Crippen molar-refractivity contribution in [2.45, 2.75) is 19.8 Å². The Labute approximate surface area is 123 Å². The zero-order chi connectivity index (χ0) is 13.6. The van der Waals surface area contributed by atoms with Crippen LogP contribution in [0.1, 0.15) is 29.0 Å². The third-order valence-corrected chi connectivity index (χ3v) is 5.13. The second-order valence-corrected chi connectivity index (χ2v) is 6.31. The van der Waals surface area contributed by atoms with Crippen LogP contribution in [0.15, 0.2) is 12.1 Å². The minimum absolute atomic E-state index is 0.106. The summed E-state index contributed by atoms with van der Waals surface area (Å²) in [5.74, 6) is 0.106. The monoisotopic (exact) mass is 310 g/mol. The normalized spacial score (nSPS) is 13.0. The summed E-state index contributed by atoms with van der Waals surface area (Å²) in [4.78, 5) is 5.40. The Balaban J connectivity index is 2.21. The van der Waals surface area contributed by atoms with Gasteiger partial charge in [-0.2, -0.15) is 8.75 Å². The Morgan fingerprint density at radius 3 is 2.79 bits per heavy atom. The molecule has 0 aliphatic heterocycles. The van der Waals surface area contributed by atoms with Gasteiger partial charge in [0.25, 0.3) is 0 Å². The highest BCUT2D eigenvalue weighted by atomic mass is 35.5. The number of fused-ring (bicyclic) bond motifs is 1. The zero-order valence-electron chi connectivity index (χ0n) is 10.3. The number of thiazole rings is 1. The maximum atomic E-state index is 6.35. The number of nitrogens with zero attached hydrogens (tertiary/aromatic N) is 3. The standard InChI is InChI=1S/C12H11ClN4S2/c1-5(11-6(2)15-12(14)18-11)9-7(13)3-4-8-10(9)17-19-16-8/h3-5H,1-2H3,(H2,14,15). The van der Waals surface area contributed by atoms with E-state index in [-0.39, 0.29) is 5.92 Å². The van der Waals surface area contributed by atoms with Crippen LogP contribution in [0.4, 0.5) is 5.13 Å². The van der Waals surface area contributed by atoms with Crippen molar-refractivity contribution in [2.24, 2.45) is 0 Å². The van der Waals surface area contributed by atoms with Crippen LogP contribution in [0.3, 0.4) is 0 Å². The molecule has 3 aromatic rings. The number of benzene rings is 1. The minimum Gasteiger partial charge on any atom is -0.375 e. The fourth-order valence-electron chi connectivity index (χ4n) is 2.22. The summed E-state index contributed by atoms with van der Waals surface area (Å²) in [5.41, 5.74) is 9.48. The average Bonchev–Trinajstić information content (AvgIpc) is 2.94. The molecule has 1 aromatic carbocycles. The first kappa shape index (κ1) is 12.8. The second-order valence-electron chi connectivity index (χ2n) is 4.32. The molecule has 19 heavy (non-hydrogen) atoms. The van der Waals surface area contributed by atoms with Crippen molar-refractivity contribution in [3.63, 3.8) is 0 Å². The van der Waals surface area contributed by atoms with Gasteiger partial charge in [-0.25, -0.2) is 4.98 Å². The molecular weight excluding hydrogens is 300 g/mol. The number of hydrogen-bond acceptors (Lipinski definition) is 6. The predicted molar refractivity (Wildman–Crippen MR) is 81.2 cm³/mol. The number of rotatable bonds is 2. The highest BCUT2D eigenvalue weighted by molar-refractivity contribution is 7.15. The van der Waals surface area contributed by atoms with Crippen LogP contribution < -0.4 is 5.73 Å². The topological polar surface area (TPSA) is 64.7 Å². The van der Waals surface area contributed by atoms with E-state index in [1.807, 2.05) is 19.1 Å². The maximum Gasteiger partial charge on any atom is 0.180 e. The number of hydrogen-bond donors (Lipinski definition) is 1. The molecule has 1 unspecified atom stereocenters. The van der Waals surface area contributed by atoms with E-state index in [1.165, 1.54) is 23.1 Å². The van der Waals surface area contributed by atoms with Crippen molar-refractivity contribution < 1.29 is 0 Å². The summed E-state index contributed by atoms with van der Waals surface area (Å²) >= 11 is 9.06. The predicted octanol–water partition coefficient (Wildman–Crippen LogP) is 3.84. The van der Waals surface area contributed by atoms with Crippen LogP contribution in [0, 0.1) is 6.92 Å². The summed E-state index contributed by atoms with van der Waals surface area (Å²) in [6.07, 6.45) is 0. The van der Waals surface area contributed by atoms with Gasteiger partial charge in [-0.1, -0.05) is 18.5 Å². The van der Waals surface area contributed by atoms with E-state index in [0.717, 1.165) is 27.2 Å². The molecule has 0 aliphatic rings. The van der Waals surface area contributed by atoms with E-state index in [0.29, 0.717) is 10.2 Å². The van der Waals surface area contributed by atoms with E-state index < -0.39 is 0 Å².